The van der Waals surface area contributed by atoms with Crippen LogP contribution in [0.2, 0.25) is 0 Å². The van der Waals surface area contributed by atoms with Crippen molar-refractivity contribution in [2.24, 2.45) is 5.92 Å². The number of ether oxygens (including phenoxy) is 1. The second kappa shape index (κ2) is 9.78. The van der Waals surface area contributed by atoms with Gasteiger partial charge in [-0.25, -0.2) is 0 Å². The first-order chi connectivity index (χ1) is 10.6. The summed E-state index contributed by atoms with van der Waals surface area (Å²) in [5.41, 5.74) is 2.22. The summed E-state index contributed by atoms with van der Waals surface area (Å²) in [7, 11) is 1.99. The van der Waals surface area contributed by atoms with Crippen LogP contribution in [0.3, 0.4) is 0 Å². The number of carbonyl (C=O) groups is 1. The zero-order valence-electron chi connectivity index (χ0n) is 14.4. The Morgan fingerprint density at radius 2 is 2.00 bits per heavy atom. The molecule has 1 fully saturated rings. The molecule has 130 valence electrons. The second-order valence-electron chi connectivity index (χ2n) is 6.27. The van der Waals surface area contributed by atoms with Crippen LogP contribution in [0.4, 0.5) is 0 Å². The number of hydrogen-bond acceptors (Lipinski definition) is 3. The van der Waals surface area contributed by atoms with E-state index >= 15 is 0 Å². The Kier molecular flexibility index (Phi) is 8.42. The fourth-order valence-corrected chi connectivity index (χ4v) is 2.91. The molecule has 1 saturated heterocycles. The summed E-state index contributed by atoms with van der Waals surface area (Å²) in [6.07, 6.45) is 3.42. The normalized spacial score (nSPS) is 15.2. The first-order valence-electron chi connectivity index (χ1n) is 8.22. The van der Waals surface area contributed by atoms with E-state index in [1.807, 2.05) is 37.9 Å². The van der Waals surface area contributed by atoms with Crippen LogP contribution in [-0.2, 0) is 4.79 Å². The molecule has 1 N–H and O–H groups in total. The summed E-state index contributed by atoms with van der Waals surface area (Å²) >= 11 is 0. The number of carbonyl (C=O) groups excluding carboxylic acids is 1. The molecule has 0 unspecified atom stereocenters. The lowest BCUT2D eigenvalue weighted by atomic mass is 9.93. The third kappa shape index (κ3) is 6.04. The van der Waals surface area contributed by atoms with Crippen molar-refractivity contribution >= 4 is 18.3 Å². The van der Waals surface area contributed by atoms with E-state index < -0.39 is 0 Å². The van der Waals surface area contributed by atoms with Gasteiger partial charge in [-0.1, -0.05) is 12.1 Å². The molecule has 0 saturated carbocycles. The van der Waals surface area contributed by atoms with Crippen LogP contribution in [0.15, 0.2) is 18.2 Å². The minimum absolute atomic E-state index is 0. The average Bonchev–Trinajstić information content (AvgIpc) is 2.54. The number of likely N-dealkylation sites (tertiary alicyclic amines) is 1. The highest BCUT2D eigenvalue weighted by Gasteiger charge is 2.22. The smallest absolute Gasteiger partial charge is 0.260 e. The molecule has 1 heterocycles. The van der Waals surface area contributed by atoms with Gasteiger partial charge >= 0.3 is 0 Å². The van der Waals surface area contributed by atoms with Crippen molar-refractivity contribution in [1.82, 2.24) is 10.2 Å². The zero-order valence-corrected chi connectivity index (χ0v) is 15.2. The van der Waals surface area contributed by atoms with Gasteiger partial charge in [-0.15, -0.1) is 12.4 Å². The second-order valence-corrected chi connectivity index (χ2v) is 6.27. The molecule has 0 aromatic heterocycles. The maximum Gasteiger partial charge on any atom is 0.260 e. The highest BCUT2D eigenvalue weighted by atomic mass is 35.5. The number of nitrogens with one attached hydrogen (secondary N) is 1. The standard InChI is InChI=1S/C18H28N2O2.ClH/c1-14-4-5-15(2)17(12-14)22-13-18(21)20-10-7-16(8-11-20)6-9-19-3;/h4-5,12,16,19H,6-11,13H2,1-3H3;1H. The van der Waals surface area contributed by atoms with E-state index in [0.29, 0.717) is 0 Å². The molecular formula is C18H29ClN2O2. The molecule has 0 atom stereocenters. The minimum Gasteiger partial charge on any atom is -0.483 e. The highest BCUT2D eigenvalue weighted by Crippen LogP contribution is 2.21. The van der Waals surface area contributed by atoms with Crippen LogP contribution in [0.1, 0.15) is 30.4 Å². The van der Waals surface area contributed by atoms with Crippen molar-refractivity contribution in [3.63, 3.8) is 0 Å². The molecule has 5 heteroatoms. The highest BCUT2D eigenvalue weighted by molar-refractivity contribution is 5.85. The lowest BCUT2D eigenvalue weighted by Crippen LogP contribution is -2.41. The molecule has 2 rings (SSSR count). The van der Waals surface area contributed by atoms with Crippen molar-refractivity contribution in [2.75, 3.05) is 33.3 Å². The number of halogens is 1. The summed E-state index contributed by atoms with van der Waals surface area (Å²) in [6, 6.07) is 6.08. The number of benzene rings is 1. The Labute approximate surface area is 146 Å². The number of nitrogens with zero attached hydrogens (tertiary/aromatic N) is 1. The zero-order chi connectivity index (χ0) is 15.9. The number of amides is 1. The molecule has 4 nitrogen and oxygen atoms in total. The molecule has 0 bridgehead atoms. The van der Waals surface area contributed by atoms with Crippen molar-refractivity contribution in [2.45, 2.75) is 33.1 Å². The Morgan fingerprint density at radius 3 is 2.65 bits per heavy atom. The summed E-state index contributed by atoms with van der Waals surface area (Å²) in [5.74, 6) is 1.67. The topological polar surface area (TPSA) is 41.6 Å². The largest absolute Gasteiger partial charge is 0.483 e. The molecule has 1 aromatic carbocycles. The molecular weight excluding hydrogens is 312 g/mol. The van der Waals surface area contributed by atoms with Crippen molar-refractivity contribution in [3.8, 4) is 5.75 Å². The van der Waals surface area contributed by atoms with Crippen LogP contribution in [-0.4, -0.2) is 44.1 Å². The van der Waals surface area contributed by atoms with E-state index in [1.54, 1.807) is 0 Å². The third-order valence-electron chi connectivity index (χ3n) is 4.46. The molecule has 0 aliphatic carbocycles. The van der Waals surface area contributed by atoms with Gasteiger partial charge in [0.05, 0.1) is 0 Å². The monoisotopic (exact) mass is 340 g/mol. The first-order valence-corrected chi connectivity index (χ1v) is 8.22. The summed E-state index contributed by atoms with van der Waals surface area (Å²) in [5, 5.41) is 3.20. The molecule has 1 aliphatic rings. The SMILES string of the molecule is CNCCC1CCN(C(=O)COc2cc(C)ccc2C)CC1.Cl. The molecule has 1 amide bonds. The van der Waals surface area contributed by atoms with Gasteiger partial charge in [0.25, 0.3) is 5.91 Å². The number of aryl methyl sites for hydroxylation is 2. The molecule has 0 spiro atoms. The lowest BCUT2D eigenvalue weighted by Gasteiger charge is -2.32. The Bertz CT molecular complexity index is 500. The Hall–Kier alpha value is -1.26. The molecule has 1 aliphatic heterocycles. The molecule has 0 radical (unpaired) electrons. The fourth-order valence-electron chi connectivity index (χ4n) is 2.91. The van der Waals surface area contributed by atoms with E-state index in [-0.39, 0.29) is 24.9 Å². The predicted molar refractivity (Wildman–Crippen MR) is 96.5 cm³/mol. The van der Waals surface area contributed by atoms with Crippen LogP contribution in [0.25, 0.3) is 0 Å². The Morgan fingerprint density at radius 1 is 1.30 bits per heavy atom. The quantitative estimate of drug-likeness (QED) is 0.865. The maximum atomic E-state index is 12.3. The molecule has 23 heavy (non-hydrogen) atoms. The van der Waals surface area contributed by atoms with Crippen molar-refractivity contribution < 1.29 is 9.53 Å². The van der Waals surface area contributed by atoms with Crippen molar-refractivity contribution in [1.29, 1.82) is 0 Å². The number of piperidine rings is 1. The summed E-state index contributed by atoms with van der Waals surface area (Å²) in [6.45, 7) is 6.98. The predicted octanol–water partition coefficient (Wildman–Crippen LogP) is 2.95. The first kappa shape index (κ1) is 19.8. The van der Waals surface area contributed by atoms with E-state index in [2.05, 4.69) is 11.4 Å². The van der Waals surface area contributed by atoms with E-state index in [0.717, 1.165) is 55.3 Å². The minimum atomic E-state index is 0. The Balaban J connectivity index is 0.00000264. The van der Waals surface area contributed by atoms with Gasteiger partial charge in [0.2, 0.25) is 0 Å². The summed E-state index contributed by atoms with van der Waals surface area (Å²) < 4.78 is 5.72. The van der Waals surface area contributed by atoms with Crippen LogP contribution < -0.4 is 10.1 Å². The number of rotatable bonds is 6. The van der Waals surface area contributed by atoms with Crippen LogP contribution >= 0.6 is 12.4 Å². The average molecular weight is 341 g/mol. The third-order valence-corrected chi connectivity index (χ3v) is 4.46. The van der Waals surface area contributed by atoms with E-state index in [1.165, 1.54) is 6.42 Å². The maximum absolute atomic E-state index is 12.3. The van der Waals surface area contributed by atoms with Crippen molar-refractivity contribution in [3.05, 3.63) is 29.3 Å². The van der Waals surface area contributed by atoms with E-state index in [9.17, 15) is 4.79 Å². The van der Waals surface area contributed by atoms with E-state index in [4.69, 9.17) is 4.74 Å². The van der Waals surface area contributed by atoms with Gasteiger partial charge in [-0.05, 0) is 69.8 Å². The van der Waals surface area contributed by atoms with Gasteiger partial charge < -0.3 is 15.0 Å². The number of hydrogen-bond donors (Lipinski definition) is 1. The fraction of sp³-hybridized carbons (Fsp3) is 0.611. The van der Waals surface area contributed by atoms with Gasteiger partial charge in [0.1, 0.15) is 5.75 Å². The van der Waals surface area contributed by atoms with Gasteiger partial charge in [-0.3, -0.25) is 4.79 Å². The lowest BCUT2D eigenvalue weighted by molar-refractivity contribution is -0.134. The molecule has 1 aromatic rings. The van der Waals surface area contributed by atoms with Gasteiger partial charge in [-0.2, -0.15) is 0 Å². The van der Waals surface area contributed by atoms with Gasteiger partial charge in [0, 0.05) is 13.1 Å². The van der Waals surface area contributed by atoms with Crippen LogP contribution in [0.5, 0.6) is 5.75 Å². The summed E-state index contributed by atoms with van der Waals surface area (Å²) in [4.78, 5) is 14.2. The van der Waals surface area contributed by atoms with Crippen LogP contribution in [0, 0.1) is 19.8 Å². The van der Waals surface area contributed by atoms with Gasteiger partial charge in [0.15, 0.2) is 6.61 Å².